The summed E-state index contributed by atoms with van der Waals surface area (Å²) in [5.74, 6) is -2.68. The molecule has 4 heterocycles. The average Bonchev–Trinajstić information content (AvgIpc) is 0.761. The maximum atomic E-state index is 13.3. The first-order valence-corrected chi connectivity index (χ1v) is 33.3. The SMILES string of the molecule is C[C@H]1O[C@@H](SOO[O-])[C@@H](O[C@@H]2OC(COS(=O)(=O)[O-])[C@H](O[C@@H]3OC(C(=O)[O-])[C@H](O[C@@H]4OC(COS(=O)(=O)[O-])[C@H](OSOO[O-])[C@H](OSOO[O-])C4NSOO[O-])[C@H](OSOO[O-])C3OS(=O)(=O)[O-])[C@H](OSOO[O-])C2NSOO[O-])C(OS(=O)(=O)[O-])C1OS(=O)(=O)[O-].[Na+].[Na+].[Na+].[Na+].[Na+].[Na+].[Na+].[Na+].[Na+].[Na+].[Na+].[Na+].[Na+]. The second-order valence-electron chi connectivity index (χ2n) is 15.7. The third-order valence-electron chi connectivity index (χ3n) is 10.5. The molecule has 2 N–H and O–H groups in total. The van der Waals surface area contributed by atoms with Crippen LogP contribution in [0.5, 0.6) is 0 Å². The van der Waals surface area contributed by atoms with Gasteiger partial charge in [0.25, 0.3) is 0 Å². The van der Waals surface area contributed by atoms with Crippen LogP contribution in [-0.2, 0) is 193 Å². The van der Waals surface area contributed by atoms with Gasteiger partial charge in [-0.25, -0.2) is 51.5 Å². The predicted molar refractivity (Wildman–Crippen MR) is 237 cm³/mol. The molecule has 81 heteroatoms. The second kappa shape index (κ2) is 72.8. The minimum absolute atomic E-state index is 0. The minimum Gasteiger partial charge on any atom is -0.726 e. The van der Waals surface area contributed by atoms with Gasteiger partial charge in [-0.15, -0.1) is 17.3 Å². The molecule has 0 aliphatic carbocycles. The monoisotopic (exact) mass is 1890 g/mol. The first-order chi connectivity index (χ1) is 43.2. The third kappa shape index (κ3) is 53.5. The van der Waals surface area contributed by atoms with Crippen LogP contribution in [0.25, 0.3) is 0 Å². The van der Waals surface area contributed by atoms with Crippen LogP contribution in [0.3, 0.4) is 0 Å². The van der Waals surface area contributed by atoms with Gasteiger partial charge in [-0.2, -0.15) is 13.0 Å². The van der Waals surface area contributed by atoms with Crippen molar-refractivity contribution in [1.29, 1.82) is 0 Å². The van der Waals surface area contributed by atoms with E-state index in [4.69, 9.17) is 49.9 Å². The molecule has 20 atom stereocenters. The fourth-order valence-electron chi connectivity index (χ4n) is 7.67. The molecule has 4 saturated heterocycles. The Bertz CT molecular complexity index is 2790. The summed E-state index contributed by atoms with van der Waals surface area (Å²) in [6.45, 7) is -2.71. The van der Waals surface area contributed by atoms with Gasteiger partial charge in [0.15, 0.2) is 79.7 Å². The average molecular weight is 1890 g/mol. The van der Waals surface area contributed by atoms with Crippen molar-refractivity contribution >= 4 is 144 Å². The van der Waals surface area contributed by atoms with E-state index in [1.165, 1.54) is 0 Å². The number of hydrogen-bond acceptors (Lipinski definition) is 63. The summed E-state index contributed by atoms with van der Waals surface area (Å²) in [5, 5.41) is 112. The molecule has 4 aliphatic rings. The Morgan fingerprint density at radius 1 is 0.371 bits per heavy atom. The maximum Gasteiger partial charge on any atom is 1.00 e. The number of nitrogens with one attached hydrogen (secondary N) is 2. The van der Waals surface area contributed by atoms with E-state index in [1.54, 1.807) is 0 Å². The molecular formula is C24H29N2Na13O54S12. The molecule has 8 unspecified atom stereocenters. The van der Waals surface area contributed by atoms with Gasteiger partial charge in [-0.3, -0.25) is 72.9 Å². The van der Waals surface area contributed by atoms with Gasteiger partial charge in [0, 0.05) is 0 Å². The zero-order chi connectivity index (χ0) is 68.6. The van der Waals surface area contributed by atoms with Crippen LogP contribution in [0.1, 0.15) is 6.92 Å². The Balaban J connectivity index is -0.000000868. The molecule has 0 radical (unpaired) electrons. The molecular weight excluding hydrogens is 1860 g/mol. The molecule has 56 nitrogen and oxygen atoms in total. The van der Waals surface area contributed by atoms with Crippen molar-refractivity contribution in [2.75, 3.05) is 13.2 Å². The summed E-state index contributed by atoms with van der Waals surface area (Å²) >= 11 is -3.52. The molecule has 0 aromatic heterocycles. The zero-order valence-electron chi connectivity index (χ0n) is 55.4. The number of carbonyl (C=O) groups excluding carboxylic acids is 1. The maximum absolute atomic E-state index is 13.3. The van der Waals surface area contributed by atoms with Crippen LogP contribution in [0.4, 0.5) is 0 Å². The number of ether oxygens (including phenoxy) is 7. The number of carbonyl (C=O) groups is 1. The Morgan fingerprint density at radius 2 is 0.705 bits per heavy atom. The molecule has 0 bridgehead atoms. The largest absolute Gasteiger partial charge is 1.00 e. The van der Waals surface area contributed by atoms with Gasteiger partial charge in [0.05, 0.1) is 37.3 Å². The first kappa shape index (κ1) is 138. The van der Waals surface area contributed by atoms with E-state index in [0.29, 0.717) is 0 Å². The molecule has 105 heavy (non-hydrogen) atoms. The van der Waals surface area contributed by atoms with Crippen LogP contribution in [-0.4, -0.2) is 206 Å². The summed E-state index contributed by atoms with van der Waals surface area (Å²) in [6.07, 6.45) is -46.5. The quantitative estimate of drug-likeness (QED) is 0.00835. The summed E-state index contributed by atoms with van der Waals surface area (Å²) in [6, 6.07) is -4.78. The summed E-state index contributed by atoms with van der Waals surface area (Å²) < 4.78 is 297. The van der Waals surface area contributed by atoms with Crippen LogP contribution < -0.4 is 436 Å². The molecule has 4 rings (SSSR count). The topological polar surface area (TPSA) is 789 Å². The molecule has 4 fully saturated rings. The van der Waals surface area contributed by atoms with Crippen molar-refractivity contribution in [3.63, 3.8) is 0 Å². The first-order valence-electron chi connectivity index (χ1n) is 21.7. The van der Waals surface area contributed by atoms with Gasteiger partial charge >= 0.3 is 384 Å². The number of carboxylic acids is 1. The Labute approximate surface area is 909 Å². The van der Waals surface area contributed by atoms with Crippen LogP contribution in [0.2, 0.25) is 0 Å². The smallest absolute Gasteiger partial charge is 0.726 e. The van der Waals surface area contributed by atoms with E-state index in [0.717, 1.165) is 6.92 Å². The molecule has 0 aromatic carbocycles. The van der Waals surface area contributed by atoms with E-state index in [1.807, 2.05) is 0 Å². The minimum atomic E-state index is -6.50. The van der Waals surface area contributed by atoms with E-state index in [9.17, 15) is 112 Å². The molecule has 544 valence electrons. The van der Waals surface area contributed by atoms with E-state index >= 15 is 0 Å². The number of hydrogen-bond donors (Lipinski definition) is 2. The Kier molecular flexibility index (Phi) is 95.9. The zero-order valence-corrected chi connectivity index (χ0v) is 91.2. The van der Waals surface area contributed by atoms with Crippen LogP contribution >= 0.6 is 85.8 Å². The van der Waals surface area contributed by atoms with E-state index < -0.39 is 255 Å². The van der Waals surface area contributed by atoms with Gasteiger partial charge < -0.3 is 103 Å². The van der Waals surface area contributed by atoms with Gasteiger partial charge in [0.2, 0.25) is 52.0 Å². The standard InChI is InChI=1S/C24H42N2O54S12.13Na/c1-4-9(64-90(42,43)44)16(65-91(45,46)47)19(24(53-4)81-74-67-29)59-22-7(25-82-75-68-30)12(61-85-78-71-33)10(5(54-22)2-51-88(36,37)38)56-23-18(66-92(48,49)50)15(63-87-80-73-35)14(17(58-23)20(27)28)57-21-8(26-83-76-69-31)13(62-86-79-72-34)11(60-84-77-70-32)6(55-21)3-52-89(39,40)41;;;;;;;;;;;;;/h4-19,21-26,29-35H,2-3H2,1H3,(H,27,28)(H,36,37,38)(H,39,40,41)(H,42,43,44)(H,45,46,47)(H,48,49,50);;;;;;;;;;;;;/q;13*+1/p-13/t4-,5?,6?,7?,8?,9?,10+,11+,12-,13-,14-,15+,16?,17?,18?,19+,21+,22+,23-,24+;;;;;;;;;;;;;/m1............./s1. The van der Waals surface area contributed by atoms with E-state index in [-0.39, 0.29) is 409 Å². The van der Waals surface area contributed by atoms with Crippen molar-refractivity contribution in [2.24, 2.45) is 0 Å². The molecule has 0 amide bonds. The Hall–Kier alpha value is 12.9. The Morgan fingerprint density at radius 3 is 1.08 bits per heavy atom. The summed E-state index contributed by atoms with van der Waals surface area (Å²) in [7, 11) is -30.7. The van der Waals surface area contributed by atoms with Crippen molar-refractivity contribution < 1.29 is 632 Å². The van der Waals surface area contributed by atoms with Crippen LogP contribution in [0.15, 0.2) is 0 Å². The summed E-state index contributed by atoms with van der Waals surface area (Å²) in [5.41, 5.74) is -2.30. The van der Waals surface area contributed by atoms with Gasteiger partial charge in [0.1, 0.15) is 110 Å². The molecule has 0 spiro atoms. The normalized spacial score (nSPS) is 28.8. The fourth-order valence-corrected chi connectivity index (χ4v) is 12.8. The number of aliphatic carboxylic acids is 1. The van der Waals surface area contributed by atoms with Crippen molar-refractivity contribution in [1.82, 2.24) is 9.44 Å². The number of rotatable bonds is 46. The second-order valence-corrected chi connectivity index (χ2v) is 24.5. The van der Waals surface area contributed by atoms with Crippen molar-refractivity contribution in [2.45, 2.75) is 129 Å². The van der Waals surface area contributed by atoms with Gasteiger partial charge in [-0.05, 0) is 6.92 Å². The van der Waals surface area contributed by atoms with Crippen molar-refractivity contribution in [3.8, 4) is 0 Å². The van der Waals surface area contributed by atoms with E-state index in [2.05, 4.69) is 96.0 Å². The fraction of sp³-hybridized carbons (Fsp3) is 0.958. The van der Waals surface area contributed by atoms with Crippen LogP contribution in [0, 0.1) is 0 Å². The van der Waals surface area contributed by atoms with Crippen molar-refractivity contribution in [3.05, 3.63) is 0 Å². The summed E-state index contributed by atoms with van der Waals surface area (Å²) in [4.78, 5) is 13.3. The molecule has 0 aromatic rings. The predicted octanol–water partition coefficient (Wildman–Crippen LogP) is -53.6. The van der Waals surface area contributed by atoms with Gasteiger partial charge in [-0.1, -0.05) is 0 Å². The molecule has 0 saturated carbocycles. The molecule has 4 aliphatic heterocycles. The number of carboxylic acid groups (broad SMARTS) is 1. The third-order valence-corrected chi connectivity index (χ3v) is 16.1.